The van der Waals surface area contributed by atoms with Crippen LogP contribution in [0.5, 0.6) is 0 Å². The van der Waals surface area contributed by atoms with Crippen LogP contribution in [0, 0.1) is 11.3 Å². The first kappa shape index (κ1) is 17.6. The molecule has 1 aliphatic rings. The summed E-state index contributed by atoms with van der Waals surface area (Å²) in [4.78, 5) is 32.7. The fraction of sp³-hybridized carbons (Fsp3) is 0.450. The largest absolute Gasteiger partial charge is 0.291 e. The topological polar surface area (TPSA) is 52.0 Å². The Kier molecular flexibility index (Phi) is 4.35. The molecule has 0 saturated carbocycles. The van der Waals surface area contributed by atoms with Gasteiger partial charge in [-0.15, -0.1) is 22.7 Å². The number of hydrogen-bond donors (Lipinski definition) is 0. The Bertz CT molecular complexity index is 1020. The summed E-state index contributed by atoms with van der Waals surface area (Å²) in [6.07, 6.45) is 4.58. The van der Waals surface area contributed by atoms with Crippen molar-refractivity contribution in [1.29, 1.82) is 0 Å². The predicted molar refractivity (Wildman–Crippen MR) is 107 cm³/mol. The van der Waals surface area contributed by atoms with Crippen molar-refractivity contribution in [3.05, 3.63) is 49.5 Å². The van der Waals surface area contributed by atoms with Crippen LogP contribution in [0.2, 0.25) is 0 Å². The van der Waals surface area contributed by atoms with Gasteiger partial charge in [-0.3, -0.25) is 14.2 Å². The van der Waals surface area contributed by atoms with Crippen molar-refractivity contribution in [3.8, 4) is 0 Å². The lowest BCUT2D eigenvalue weighted by atomic mass is 9.72. The summed E-state index contributed by atoms with van der Waals surface area (Å²) in [6.45, 7) is 6.92. The molecule has 0 fully saturated rings. The first-order chi connectivity index (χ1) is 12.3. The van der Waals surface area contributed by atoms with Gasteiger partial charge in [-0.2, -0.15) is 0 Å². The molecule has 3 aromatic rings. The Labute approximate surface area is 160 Å². The zero-order chi connectivity index (χ0) is 18.5. The highest BCUT2D eigenvalue weighted by Gasteiger charge is 2.31. The van der Waals surface area contributed by atoms with Gasteiger partial charge in [0.05, 0.1) is 23.1 Å². The Morgan fingerprint density at radius 3 is 2.88 bits per heavy atom. The standard InChI is InChI=1S/C20H22N2O2S2/c1-20(2,3)12-6-7-13-16(9-12)26-18-17(13)19(24)22(11-21-18)10-14(23)15-5-4-8-25-15/h4-5,8,11-12H,6-7,9-10H2,1-3H3. The van der Waals surface area contributed by atoms with Gasteiger partial charge in [0.15, 0.2) is 5.78 Å². The molecule has 0 spiro atoms. The van der Waals surface area contributed by atoms with Crippen molar-refractivity contribution in [2.75, 3.05) is 0 Å². The van der Waals surface area contributed by atoms with Crippen LogP contribution in [-0.2, 0) is 19.4 Å². The number of carbonyl (C=O) groups excluding carboxylic acids is 1. The number of rotatable bonds is 3. The minimum Gasteiger partial charge on any atom is -0.291 e. The number of fused-ring (bicyclic) bond motifs is 3. The highest BCUT2D eigenvalue weighted by atomic mass is 32.1. The number of aryl methyl sites for hydroxylation is 1. The molecule has 0 radical (unpaired) electrons. The maximum absolute atomic E-state index is 13.0. The van der Waals surface area contributed by atoms with Crippen LogP contribution in [0.3, 0.4) is 0 Å². The summed E-state index contributed by atoms with van der Waals surface area (Å²) in [5.74, 6) is 0.589. The van der Waals surface area contributed by atoms with E-state index in [1.807, 2.05) is 11.4 Å². The second kappa shape index (κ2) is 6.43. The van der Waals surface area contributed by atoms with E-state index in [4.69, 9.17) is 0 Å². The van der Waals surface area contributed by atoms with Crippen molar-refractivity contribution < 1.29 is 4.79 Å². The van der Waals surface area contributed by atoms with E-state index in [2.05, 4.69) is 25.8 Å². The van der Waals surface area contributed by atoms with Gasteiger partial charge in [-0.25, -0.2) is 4.98 Å². The normalized spacial score (nSPS) is 17.4. The van der Waals surface area contributed by atoms with Crippen molar-refractivity contribution in [2.45, 2.75) is 46.6 Å². The van der Waals surface area contributed by atoms with Crippen LogP contribution >= 0.6 is 22.7 Å². The molecule has 26 heavy (non-hydrogen) atoms. The quantitative estimate of drug-likeness (QED) is 0.620. The van der Waals surface area contributed by atoms with E-state index in [0.717, 1.165) is 29.5 Å². The summed E-state index contributed by atoms with van der Waals surface area (Å²) in [6, 6.07) is 3.64. The Balaban J connectivity index is 1.71. The highest BCUT2D eigenvalue weighted by Crippen LogP contribution is 2.41. The minimum absolute atomic E-state index is 0.0415. The molecular weight excluding hydrogens is 364 g/mol. The molecule has 1 unspecified atom stereocenters. The van der Waals surface area contributed by atoms with E-state index >= 15 is 0 Å². The number of hydrogen-bond acceptors (Lipinski definition) is 5. The molecule has 136 valence electrons. The van der Waals surface area contributed by atoms with Crippen LogP contribution in [0.1, 0.15) is 47.3 Å². The summed E-state index contributed by atoms with van der Waals surface area (Å²) in [5, 5.41) is 2.61. The van der Waals surface area contributed by atoms with Crippen molar-refractivity contribution in [3.63, 3.8) is 0 Å². The third kappa shape index (κ3) is 3.05. The molecule has 3 aromatic heterocycles. The van der Waals surface area contributed by atoms with E-state index in [1.165, 1.54) is 32.7 Å². The first-order valence-electron chi connectivity index (χ1n) is 8.91. The second-order valence-corrected chi connectivity index (χ2v) is 10.1. The monoisotopic (exact) mass is 386 g/mol. The van der Waals surface area contributed by atoms with Gasteiger partial charge >= 0.3 is 0 Å². The maximum Gasteiger partial charge on any atom is 0.262 e. The van der Waals surface area contributed by atoms with Crippen LogP contribution in [0.4, 0.5) is 0 Å². The smallest absolute Gasteiger partial charge is 0.262 e. The molecule has 1 aliphatic carbocycles. The number of aromatic nitrogens is 2. The van der Waals surface area contributed by atoms with E-state index < -0.39 is 0 Å². The molecular formula is C20H22N2O2S2. The number of thiophene rings is 2. The Morgan fingerprint density at radius 1 is 1.38 bits per heavy atom. The van der Waals surface area contributed by atoms with E-state index in [1.54, 1.807) is 17.4 Å². The third-order valence-electron chi connectivity index (χ3n) is 5.37. The summed E-state index contributed by atoms with van der Waals surface area (Å²) < 4.78 is 1.47. The molecule has 3 heterocycles. The summed E-state index contributed by atoms with van der Waals surface area (Å²) >= 11 is 3.06. The number of ketones is 1. The number of carbonyl (C=O) groups is 1. The molecule has 0 amide bonds. The molecule has 0 N–H and O–H groups in total. The van der Waals surface area contributed by atoms with Gasteiger partial charge in [0.2, 0.25) is 0 Å². The predicted octanol–water partition coefficient (Wildman–Crippen LogP) is 4.55. The number of nitrogens with zero attached hydrogens (tertiary/aromatic N) is 2. The average Bonchev–Trinajstić information content (AvgIpc) is 3.23. The lowest BCUT2D eigenvalue weighted by Gasteiger charge is -2.33. The molecule has 0 aliphatic heterocycles. The summed E-state index contributed by atoms with van der Waals surface area (Å²) in [5.41, 5.74) is 1.36. The van der Waals surface area contributed by atoms with Gasteiger partial charge in [0.25, 0.3) is 5.56 Å². The minimum atomic E-state index is -0.0772. The third-order valence-corrected chi connectivity index (χ3v) is 7.44. The van der Waals surface area contributed by atoms with Crippen molar-refractivity contribution in [2.24, 2.45) is 11.3 Å². The number of Topliss-reactive ketones (excluding diaryl/α,β-unsaturated/α-hetero) is 1. The molecule has 4 nitrogen and oxygen atoms in total. The van der Waals surface area contributed by atoms with Gasteiger partial charge in [0, 0.05) is 4.88 Å². The fourth-order valence-electron chi connectivity index (χ4n) is 3.72. The van der Waals surface area contributed by atoms with Gasteiger partial charge in [-0.1, -0.05) is 26.8 Å². The maximum atomic E-state index is 13.0. The lowest BCUT2D eigenvalue weighted by Crippen LogP contribution is -2.27. The van der Waals surface area contributed by atoms with Crippen molar-refractivity contribution >= 4 is 38.7 Å². The molecule has 0 bridgehead atoms. The molecule has 0 saturated heterocycles. The Morgan fingerprint density at radius 2 is 2.19 bits per heavy atom. The molecule has 0 aromatic carbocycles. The molecule has 4 rings (SSSR count). The van der Waals surface area contributed by atoms with E-state index in [0.29, 0.717) is 10.8 Å². The molecule has 1 atom stereocenters. The SMILES string of the molecule is CC(C)(C)C1CCc2c(sc3ncn(CC(=O)c4cccs4)c(=O)c23)C1. The van der Waals surface area contributed by atoms with Crippen LogP contribution in [0.25, 0.3) is 10.2 Å². The zero-order valence-electron chi connectivity index (χ0n) is 15.2. The van der Waals surface area contributed by atoms with Crippen LogP contribution in [0.15, 0.2) is 28.6 Å². The van der Waals surface area contributed by atoms with Crippen LogP contribution in [-0.4, -0.2) is 15.3 Å². The average molecular weight is 387 g/mol. The van der Waals surface area contributed by atoms with Gasteiger partial charge in [-0.05, 0) is 47.6 Å². The first-order valence-corrected chi connectivity index (χ1v) is 10.6. The highest BCUT2D eigenvalue weighted by molar-refractivity contribution is 7.18. The zero-order valence-corrected chi connectivity index (χ0v) is 16.9. The van der Waals surface area contributed by atoms with Gasteiger partial charge in [0.1, 0.15) is 4.83 Å². The Hall–Kier alpha value is -1.79. The second-order valence-electron chi connectivity index (χ2n) is 8.07. The van der Waals surface area contributed by atoms with Crippen molar-refractivity contribution in [1.82, 2.24) is 9.55 Å². The molecule has 6 heteroatoms. The fourth-order valence-corrected chi connectivity index (χ4v) is 5.64. The van der Waals surface area contributed by atoms with Gasteiger partial charge < -0.3 is 0 Å². The van der Waals surface area contributed by atoms with E-state index in [-0.39, 0.29) is 23.3 Å². The van der Waals surface area contributed by atoms with E-state index in [9.17, 15) is 9.59 Å². The summed E-state index contributed by atoms with van der Waals surface area (Å²) in [7, 11) is 0. The lowest BCUT2D eigenvalue weighted by molar-refractivity contribution is 0.0974. The van der Waals surface area contributed by atoms with Crippen LogP contribution < -0.4 is 5.56 Å².